The van der Waals surface area contributed by atoms with E-state index in [9.17, 15) is 30.6 Å². The second-order valence-corrected chi connectivity index (χ2v) is 21.9. The molecular formula is C66H54Cl4GdN12Ni3O22. The molecule has 34 nitrogen and oxygen atoms in total. The van der Waals surface area contributed by atoms with Crippen LogP contribution < -0.4 is 105 Å². The van der Waals surface area contributed by atoms with E-state index < -0.39 is 77.6 Å². The van der Waals surface area contributed by atoms with Gasteiger partial charge in [-0.3, -0.25) is 59.8 Å². The maximum absolute atomic E-state index is 11.8. The molecule has 0 amide bonds. The fraction of sp³-hybridized carbons (Fsp3) is 0.0909. The summed E-state index contributed by atoms with van der Waals surface area (Å²) in [4.78, 5) is 48.0. The summed E-state index contributed by atoms with van der Waals surface area (Å²) in [7, 11) is -19.8. The summed E-state index contributed by atoms with van der Waals surface area (Å²) < 4.78 is 136. The smallest absolute Gasteiger partial charge is 0.843 e. The summed E-state index contributed by atoms with van der Waals surface area (Å²) in [6, 6.07) is 63.6. The largest absolute Gasteiger partial charge is 3.00 e. The van der Waals surface area contributed by atoms with Gasteiger partial charge in [0.25, 0.3) is 0 Å². The van der Waals surface area contributed by atoms with E-state index in [2.05, 4.69) is 59.8 Å². The van der Waals surface area contributed by atoms with Crippen molar-refractivity contribution >= 4 is 0 Å². The third-order valence-electron chi connectivity index (χ3n) is 11.5. The Bertz CT molecular complexity index is 3160. The molecule has 0 saturated heterocycles. The number of pyridine rings is 12. The standard InChI is InChI=1S/6C11H9N2O.4ClHO4.Gd.3Ni/c6*14-11(9-5-1-3-7-12-9)10-6-2-4-8-13-10;4*2-1(3,4)5;;;;/h6*1-8,11H;4*(H,2,3,4,5);;;;/q6*-1;;;;;+3;2*+2;+3/p-4. The van der Waals surface area contributed by atoms with Gasteiger partial charge in [0.2, 0.25) is 0 Å². The van der Waals surface area contributed by atoms with Gasteiger partial charge in [-0.15, -0.1) is 41.0 Å². The van der Waals surface area contributed by atoms with Crippen LogP contribution in [0.4, 0.5) is 0 Å². The third kappa shape index (κ3) is 50.6. The molecule has 0 aliphatic heterocycles. The molecule has 0 unspecified atom stereocenters. The minimum atomic E-state index is -4.94. The molecule has 0 aliphatic rings. The predicted molar refractivity (Wildman–Crippen MR) is 302 cm³/mol. The van der Waals surface area contributed by atoms with Gasteiger partial charge < -0.3 is 30.6 Å². The normalized spacial score (nSPS) is 10.3. The van der Waals surface area contributed by atoms with Crippen LogP contribution in [0.3, 0.4) is 0 Å². The van der Waals surface area contributed by atoms with Crippen molar-refractivity contribution in [1.82, 2.24) is 59.8 Å². The zero-order chi connectivity index (χ0) is 76.8. The van der Waals surface area contributed by atoms with Crippen LogP contribution in [-0.2, 0) is 49.5 Å². The van der Waals surface area contributed by atoms with Crippen molar-refractivity contribution in [2.45, 2.75) is 36.6 Å². The van der Waals surface area contributed by atoms with E-state index in [4.69, 9.17) is 74.5 Å². The molecule has 12 aromatic heterocycles. The molecule has 12 aromatic rings. The Morgan fingerprint density at radius 1 is 0.167 bits per heavy atom. The fourth-order valence-electron chi connectivity index (χ4n) is 7.28. The summed E-state index contributed by atoms with van der Waals surface area (Å²) in [6.07, 6.45) is 13.4. The molecule has 0 N–H and O–H groups in total. The molecule has 0 saturated carbocycles. The van der Waals surface area contributed by atoms with Gasteiger partial charge in [-0.25, -0.2) is 74.5 Å². The predicted octanol–water partition coefficient (Wildman–Crippen LogP) is -13.5. The molecule has 576 valence electrons. The quantitative estimate of drug-likeness (QED) is 0.103. The number of hydrogen-bond donors (Lipinski definition) is 0. The third-order valence-corrected chi connectivity index (χ3v) is 11.5. The van der Waals surface area contributed by atoms with Crippen molar-refractivity contribution in [3.8, 4) is 0 Å². The summed E-state index contributed by atoms with van der Waals surface area (Å²) >= 11 is 0. The Morgan fingerprint density at radius 3 is 0.278 bits per heavy atom. The first kappa shape index (κ1) is 103. The Morgan fingerprint density at radius 2 is 0.231 bits per heavy atom. The molecule has 2 radical (unpaired) electrons. The molecule has 0 spiro atoms. The van der Waals surface area contributed by atoms with Crippen molar-refractivity contribution in [3.63, 3.8) is 0 Å². The van der Waals surface area contributed by atoms with Crippen LogP contribution >= 0.6 is 0 Å². The summed E-state index contributed by atoms with van der Waals surface area (Å²) in [5.41, 5.74) is 6.07. The maximum atomic E-state index is 11.8. The molecule has 12 heterocycles. The van der Waals surface area contributed by atoms with E-state index in [0.717, 1.165) is 0 Å². The fourth-order valence-corrected chi connectivity index (χ4v) is 7.28. The maximum Gasteiger partial charge on any atom is 3.00 e. The minimum absolute atomic E-state index is 0. The zero-order valence-electron chi connectivity index (χ0n) is 54.3. The molecule has 0 aliphatic carbocycles. The molecule has 0 aromatic carbocycles. The second-order valence-electron chi connectivity index (χ2n) is 18.8. The molecule has 12 rings (SSSR count). The summed E-state index contributed by atoms with van der Waals surface area (Å²) in [5.74, 6) is 0. The van der Waals surface area contributed by atoms with Crippen molar-refractivity contribution in [2.75, 3.05) is 0 Å². The molecular weight excluding hydrogens is 1790 g/mol. The Balaban J connectivity index is 0. The molecule has 0 bridgehead atoms. The number of rotatable bonds is 12. The first-order valence-corrected chi connectivity index (χ1v) is 33.5. The van der Waals surface area contributed by atoms with E-state index >= 15 is 0 Å². The topological polar surface area (TPSA) is 662 Å². The molecule has 0 fully saturated rings. The number of halogens is 4. The van der Waals surface area contributed by atoms with Gasteiger partial charge in [0.05, 0.1) is 0 Å². The van der Waals surface area contributed by atoms with Gasteiger partial charge in [0, 0.05) is 143 Å². The molecule has 0 atom stereocenters. The van der Waals surface area contributed by atoms with Gasteiger partial charge in [0.15, 0.2) is 0 Å². The average molecular weight is 1840 g/mol. The second kappa shape index (κ2) is 57.0. The van der Waals surface area contributed by atoms with Crippen LogP contribution in [0.25, 0.3) is 0 Å². The van der Waals surface area contributed by atoms with Crippen molar-refractivity contribution < 1.29 is 236 Å². The van der Waals surface area contributed by atoms with Gasteiger partial charge in [-0.2, -0.15) is 0 Å². The number of hydrogen-bond acceptors (Lipinski definition) is 34. The van der Waals surface area contributed by atoms with Crippen LogP contribution in [-0.4, -0.2) is 59.8 Å². The van der Waals surface area contributed by atoms with Crippen LogP contribution in [0.1, 0.15) is 105 Å². The van der Waals surface area contributed by atoms with Crippen molar-refractivity contribution in [3.05, 3.63) is 361 Å². The van der Waals surface area contributed by atoms with Crippen molar-refractivity contribution in [2.24, 2.45) is 0 Å². The Labute approximate surface area is 687 Å². The van der Waals surface area contributed by atoms with Gasteiger partial charge in [-0.05, 0) is 182 Å². The first-order valence-electron chi connectivity index (χ1n) is 28.6. The van der Waals surface area contributed by atoms with Crippen molar-refractivity contribution in [1.29, 1.82) is 0 Å². The summed E-state index contributed by atoms with van der Waals surface area (Å²) in [6.45, 7) is 0. The van der Waals surface area contributed by atoms with E-state index in [1.807, 2.05) is 0 Å². The Hall–Kier alpha value is -7.11. The van der Waals surface area contributed by atoms with Crippen LogP contribution in [0.2, 0.25) is 0 Å². The van der Waals surface area contributed by atoms with Gasteiger partial charge in [-0.1, -0.05) is 72.8 Å². The zero-order valence-corrected chi connectivity index (χ0v) is 62.6. The SMILES string of the molecule is [Gd+3].[Ni+2].[Ni+2].[Ni+3].[O-]C(c1ccccn1)c1ccccn1.[O-]C(c1ccccn1)c1ccccn1.[O-]C(c1ccccn1)c1ccccn1.[O-]C(c1ccccn1)c1ccccn1.[O-]C(c1ccccn1)c1ccccn1.[O-]C(c1ccccn1)c1ccccn1.[O-][Cl+3]([O-])([O-])[O-].[O-][Cl+3]([O-])([O-])[O-].[O-][Cl+3]([O-])([O-])[O-].[O-][Cl+3]([O-])([O-])[O-]. The molecule has 108 heavy (non-hydrogen) atoms. The van der Waals surface area contributed by atoms with Crippen LogP contribution in [0, 0.1) is 80.9 Å². The van der Waals surface area contributed by atoms with Crippen LogP contribution in [0.15, 0.2) is 293 Å². The van der Waals surface area contributed by atoms with Crippen LogP contribution in [0.5, 0.6) is 0 Å². The Kier molecular flexibility index (Phi) is 54.3. The minimum Gasteiger partial charge on any atom is -0.843 e. The number of nitrogens with zero attached hydrogens (tertiary/aromatic N) is 12. The molecule has 42 heteroatoms. The number of aromatic nitrogens is 12. The average Bonchev–Trinajstić information content (AvgIpc) is 0.906. The monoisotopic (exact) mass is 1840 g/mol. The van der Waals surface area contributed by atoms with E-state index in [1.54, 1.807) is 293 Å². The van der Waals surface area contributed by atoms with Gasteiger partial charge in [0.1, 0.15) is 0 Å². The first-order chi connectivity index (χ1) is 49.3. The van der Waals surface area contributed by atoms with E-state index in [0.29, 0.717) is 68.3 Å². The van der Waals surface area contributed by atoms with E-state index in [1.165, 1.54) is 0 Å². The van der Waals surface area contributed by atoms with Gasteiger partial charge >= 0.3 is 89.4 Å². The van der Waals surface area contributed by atoms with E-state index in [-0.39, 0.29) is 89.4 Å². The summed E-state index contributed by atoms with van der Waals surface area (Å²) in [5, 5.41) is 70.8.